The van der Waals surface area contributed by atoms with Crippen LogP contribution in [-0.2, 0) is 5.54 Å². The number of aliphatic imine (C=N–C) groups is 1. The predicted octanol–water partition coefficient (Wildman–Crippen LogP) is 4.73. The number of aromatic nitrogens is 2. The Balaban J connectivity index is 1.56. The van der Waals surface area contributed by atoms with E-state index < -0.39 is 39.1 Å². The van der Waals surface area contributed by atoms with Crippen molar-refractivity contribution in [3.05, 3.63) is 54.1 Å². The maximum Gasteiger partial charge on any atom is 0.156 e. The second-order valence-corrected chi connectivity index (χ2v) is 11.2. The summed E-state index contributed by atoms with van der Waals surface area (Å²) in [5.74, 6) is -0.153. The van der Waals surface area contributed by atoms with Crippen LogP contribution in [-0.4, -0.2) is 49.2 Å². The molecular formula is C23H25F2N5O3S. The van der Waals surface area contributed by atoms with E-state index in [0.29, 0.717) is 35.6 Å². The van der Waals surface area contributed by atoms with Gasteiger partial charge >= 0.3 is 0 Å². The second-order valence-electron chi connectivity index (χ2n) is 8.75. The molecule has 3 heterocycles. The number of alkyl halides is 1. The van der Waals surface area contributed by atoms with Crippen molar-refractivity contribution in [3.63, 3.8) is 0 Å². The standard InChI is InChI=1S/C23H25F2N5O3S/c1-33-16-9-14-5-8-27-20(19(14)28-11-16)29-15-3-4-18(25)17(10-15)22(12-24)13-34(31,32)23(6-2-7-23)21(26)30-22/h3-5,8-11,31-32H,2,6-7,12-13H2,1H3,(H2,26,30)(H,27,29)/t22-/m1/s1. The quantitative estimate of drug-likeness (QED) is 0.408. The Morgan fingerprint density at radius 1 is 1.21 bits per heavy atom. The van der Waals surface area contributed by atoms with Gasteiger partial charge in [0.1, 0.15) is 39.9 Å². The summed E-state index contributed by atoms with van der Waals surface area (Å²) in [5, 5.41) is 3.88. The Kier molecular flexibility index (Phi) is 5.38. The van der Waals surface area contributed by atoms with Crippen molar-refractivity contribution in [3.8, 4) is 5.75 Å². The molecule has 1 aliphatic heterocycles. The molecule has 3 aromatic rings. The van der Waals surface area contributed by atoms with Crippen LogP contribution in [0.2, 0.25) is 0 Å². The van der Waals surface area contributed by atoms with Crippen LogP contribution in [0.25, 0.3) is 10.9 Å². The second kappa shape index (κ2) is 8.03. The minimum absolute atomic E-state index is 0.0192. The molecule has 0 bridgehead atoms. The molecule has 180 valence electrons. The molecule has 2 aliphatic rings. The Bertz CT molecular complexity index is 1300. The van der Waals surface area contributed by atoms with Gasteiger partial charge in [-0.2, -0.15) is 10.6 Å². The van der Waals surface area contributed by atoms with Crippen molar-refractivity contribution >= 4 is 38.8 Å². The number of pyridine rings is 2. The zero-order valence-corrected chi connectivity index (χ0v) is 19.3. The zero-order valence-electron chi connectivity index (χ0n) is 18.5. The van der Waals surface area contributed by atoms with E-state index >= 15 is 4.39 Å². The number of amidine groups is 1. The topological polar surface area (TPSA) is 126 Å². The molecule has 8 nitrogen and oxygen atoms in total. The number of hydrogen-bond acceptors (Lipinski definition) is 8. The third-order valence-corrected chi connectivity index (χ3v) is 9.54. The molecule has 11 heteroatoms. The van der Waals surface area contributed by atoms with Gasteiger partial charge in [0.25, 0.3) is 0 Å². The van der Waals surface area contributed by atoms with Gasteiger partial charge in [-0.05, 0) is 49.6 Å². The third kappa shape index (κ3) is 3.38. The number of hydrogen-bond donors (Lipinski definition) is 4. The van der Waals surface area contributed by atoms with Gasteiger partial charge in [0.05, 0.1) is 19.1 Å². The molecule has 1 aromatic carbocycles. The number of ether oxygens (including phenoxy) is 1. The van der Waals surface area contributed by atoms with E-state index in [1.165, 1.54) is 18.2 Å². The molecule has 1 spiro atoms. The lowest BCUT2D eigenvalue weighted by atomic mass is 9.82. The number of benzene rings is 1. The van der Waals surface area contributed by atoms with Crippen molar-refractivity contribution in [2.75, 3.05) is 24.9 Å². The molecule has 0 unspecified atom stereocenters. The Hall–Kier alpha value is -3.02. The van der Waals surface area contributed by atoms with E-state index in [1.54, 1.807) is 25.6 Å². The molecule has 0 amide bonds. The molecule has 0 saturated heterocycles. The van der Waals surface area contributed by atoms with E-state index in [4.69, 9.17) is 10.5 Å². The smallest absolute Gasteiger partial charge is 0.156 e. The maximum atomic E-state index is 15.0. The fourth-order valence-corrected chi connectivity index (χ4v) is 7.26. The number of nitrogens with one attached hydrogen (secondary N) is 1. The van der Waals surface area contributed by atoms with Crippen LogP contribution in [0.15, 0.2) is 47.7 Å². The molecule has 1 saturated carbocycles. The van der Waals surface area contributed by atoms with Crippen LogP contribution in [0, 0.1) is 5.82 Å². The van der Waals surface area contributed by atoms with Gasteiger partial charge in [0.15, 0.2) is 5.82 Å². The molecular weight excluding hydrogens is 464 g/mol. The highest BCUT2D eigenvalue weighted by molar-refractivity contribution is 8.26. The van der Waals surface area contributed by atoms with E-state index in [-0.39, 0.29) is 11.4 Å². The fraction of sp³-hybridized carbons (Fsp3) is 0.348. The van der Waals surface area contributed by atoms with Gasteiger partial charge in [-0.3, -0.25) is 14.1 Å². The highest BCUT2D eigenvalue weighted by Crippen LogP contribution is 2.66. The van der Waals surface area contributed by atoms with Crippen LogP contribution in [0.3, 0.4) is 0 Å². The molecule has 5 N–H and O–H groups in total. The number of nitrogens with two attached hydrogens (primary N) is 1. The van der Waals surface area contributed by atoms with Crippen LogP contribution in [0.1, 0.15) is 24.8 Å². The van der Waals surface area contributed by atoms with Gasteiger partial charge in [0, 0.05) is 22.8 Å². The highest BCUT2D eigenvalue weighted by Gasteiger charge is 2.59. The molecule has 34 heavy (non-hydrogen) atoms. The Morgan fingerprint density at radius 2 is 2.00 bits per heavy atom. The summed E-state index contributed by atoms with van der Waals surface area (Å²) in [6.07, 6.45) is 4.88. The zero-order chi connectivity index (χ0) is 24.1. The number of nitrogens with zero attached hydrogens (tertiary/aromatic N) is 3. The first-order chi connectivity index (χ1) is 16.2. The molecule has 1 atom stereocenters. The van der Waals surface area contributed by atoms with Crippen molar-refractivity contribution in [2.24, 2.45) is 10.7 Å². The average molecular weight is 490 g/mol. The van der Waals surface area contributed by atoms with Gasteiger partial charge in [-0.25, -0.2) is 18.7 Å². The van der Waals surface area contributed by atoms with Gasteiger partial charge in [-0.15, -0.1) is 0 Å². The average Bonchev–Trinajstić information content (AvgIpc) is 2.78. The van der Waals surface area contributed by atoms with Crippen LogP contribution < -0.4 is 15.8 Å². The van der Waals surface area contributed by atoms with Crippen LogP contribution in [0.5, 0.6) is 5.75 Å². The number of rotatable bonds is 5. The summed E-state index contributed by atoms with van der Waals surface area (Å²) >= 11 is 0. The summed E-state index contributed by atoms with van der Waals surface area (Å²) < 4.78 is 55.6. The highest BCUT2D eigenvalue weighted by atomic mass is 32.3. The molecule has 1 fully saturated rings. The van der Waals surface area contributed by atoms with Crippen molar-refractivity contribution < 1.29 is 22.6 Å². The van der Waals surface area contributed by atoms with Crippen molar-refractivity contribution in [1.82, 2.24) is 9.97 Å². The SMILES string of the molecule is COc1cnc2c(Nc3ccc(F)c([C@@]4(CF)CS(O)(O)C5(CCC5)C(N)=N4)c3)nccc2c1. The van der Waals surface area contributed by atoms with Crippen molar-refractivity contribution in [2.45, 2.75) is 29.5 Å². The monoisotopic (exact) mass is 489 g/mol. The summed E-state index contributed by atoms with van der Waals surface area (Å²) in [7, 11) is -1.80. The van der Waals surface area contributed by atoms with Gasteiger partial charge in [0.2, 0.25) is 0 Å². The van der Waals surface area contributed by atoms with E-state index in [1.807, 2.05) is 6.07 Å². The minimum Gasteiger partial charge on any atom is -0.495 e. The number of fused-ring (bicyclic) bond motifs is 1. The Morgan fingerprint density at radius 3 is 2.65 bits per heavy atom. The first kappa shape index (κ1) is 22.8. The number of anilines is 2. The number of halogens is 2. The largest absolute Gasteiger partial charge is 0.495 e. The first-order valence-corrected chi connectivity index (χ1v) is 12.5. The van der Waals surface area contributed by atoms with E-state index in [0.717, 1.165) is 11.8 Å². The summed E-state index contributed by atoms with van der Waals surface area (Å²) in [4.78, 5) is 13.1. The molecule has 1 aliphatic carbocycles. The molecule has 0 radical (unpaired) electrons. The maximum absolute atomic E-state index is 15.0. The lowest BCUT2D eigenvalue weighted by Crippen LogP contribution is -2.60. The fourth-order valence-electron chi connectivity index (χ4n) is 4.70. The van der Waals surface area contributed by atoms with Crippen molar-refractivity contribution in [1.29, 1.82) is 0 Å². The predicted molar refractivity (Wildman–Crippen MR) is 129 cm³/mol. The lowest BCUT2D eigenvalue weighted by Gasteiger charge is -2.60. The summed E-state index contributed by atoms with van der Waals surface area (Å²) in [6.45, 7) is -1.13. The van der Waals surface area contributed by atoms with E-state index in [2.05, 4.69) is 20.3 Å². The van der Waals surface area contributed by atoms with Crippen LogP contribution >= 0.6 is 10.6 Å². The Labute approximate surface area is 196 Å². The molecule has 5 rings (SSSR count). The third-order valence-electron chi connectivity index (χ3n) is 6.79. The summed E-state index contributed by atoms with van der Waals surface area (Å²) in [5.41, 5.74) is 5.20. The minimum atomic E-state index is -3.34. The van der Waals surface area contributed by atoms with Gasteiger partial charge in [-0.1, -0.05) is 0 Å². The van der Waals surface area contributed by atoms with E-state index in [9.17, 15) is 13.5 Å². The lowest BCUT2D eigenvalue weighted by molar-refractivity contribution is 0.291. The van der Waals surface area contributed by atoms with Gasteiger partial charge < -0.3 is 15.8 Å². The van der Waals surface area contributed by atoms with Crippen LogP contribution in [0.4, 0.5) is 20.3 Å². The number of methoxy groups -OCH3 is 1. The summed E-state index contributed by atoms with van der Waals surface area (Å²) in [6, 6.07) is 7.66. The first-order valence-electron chi connectivity index (χ1n) is 10.8. The normalized spacial score (nSPS) is 23.7. The molecule has 2 aromatic heterocycles.